The summed E-state index contributed by atoms with van der Waals surface area (Å²) in [6.07, 6.45) is 7.57. The van der Waals surface area contributed by atoms with Crippen molar-refractivity contribution >= 4 is 17.0 Å². The monoisotopic (exact) mass is 336 g/mol. The summed E-state index contributed by atoms with van der Waals surface area (Å²) >= 11 is 0. The van der Waals surface area contributed by atoms with Crippen LogP contribution >= 0.6 is 0 Å². The molecule has 4 bridgehead atoms. The Morgan fingerprint density at radius 3 is 3.04 bits per heavy atom. The molecule has 5 aliphatic rings. The summed E-state index contributed by atoms with van der Waals surface area (Å²) < 4.78 is 5.45. The highest BCUT2D eigenvalue weighted by Crippen LogP contribution is 2.52. The summed E-state index contributed by atoms with van der Waals surface area (Å²) in [5.74, 6) is 1.41. The van der Waals surface area contributed by atoms with E-state index in [9.17, 15) is 0 Å². The standard InChI is InChI=1S/C22H28N2O/c1-22(8-10-25-2)13-15-11-16-12-20(22)24(14-15)9-7-18-17-5-3-4-6-19(17)23-21(16)18/h3-7,15-16,20H,8-14H2,1-2H3/b18-7-. The molecule has 25 heavy (non-hydrogen) atoms. The number of piperidine rings is 1. The number of methoxy groups -OCH3 is 1. The highest BCUT2D eigenvalue weighted by Gasteiger charge is 2.50. The van der Waals surface area contributed by atoms with Crippen molar-refractivity contribution in [1.29, 1.82) is 0 Å². The molecule has 5 atom stereocenters. The molecule has 0 N–H and O–H groups in total. The van der Waals surface area contributed by atoms with E-state index < -0.39 is 0 Å². The first-order chi connectivity index (χ1) is 12.2. The van der Waals surface area contributed by atoms with Gasteiger partial charge in [0.25, 0.3) is 0 Å². The minimum atomic E-state index is 0.380. The van der Waals surface area contributed by atoms with E-state index in [0.29, 0.717) is 17.4 Å². The van der Waals surface area contributed by atoms with E-state index in [2.05, 4.69) is 42.2 Å². The first-order valence-corrected chi connectivity index (χ1v) is 9.79. The van der Waals surface area contributed by atoms with Crippen LogP contribution in [0.25, 0.3) is 5.57 Å². The lowest BCUT2D eigenvalue weighted by Crippen LogP contribution is -2.53. The molecule has 4 aliphatic heterocycles. The molecular formula is C22H28N2O. The van der Waals surface area contributed by atoms with Crippen LogP contribution in [0.2, 0.25) is 0 Å². The number of hydrogen-bond acceptors (Lipinski definition) is 3. The number of hydrogen-bond donors (Lipinski definition) is 0. The summed E-state index contributed by atoms with van der Waals surface area (Å²) in [7, 11) is 1.83. The molecule has 0 amide bonds. The second-order valence-corrected chi connectivity index (χ2v) is 8.74. The van der Waals surface area contributed by atoms with Crippen molar-refractivity contribution in [2.75, 3.05) is 26.8 Å². The number of fused-ring (bicyclic) bond motifs is 4. The van der Waals surface area contributed by atoms with E-state index in [1.165, 1.54) is 54.8 Å². The van der Waals surface area contributed by atoms with Gasteiger partial charge in [-0.15, -0.1) is 0 Å². The molecule has 3 fully saturated rings. The molecule has 0 aromatic heterocycles. The maximum Gasteiger partial charge on any atom is 0.0712 e. The summed E-state index contributed by atoms with van der Waals surface area (Å²) in [5, 5.41) is 0. The zero-order valence-corrected chi connectivity index (χ0v) is 15.4. The van der Waals surface area contributed by atoms with Gasteiger partial charge in [0.05, 0.1) is 11.4 Å². The van der Waals surface area contributed by atoms with Crippen LogP contribution in [0.5, 0.6) is 0 Å². The molecular weight excluding hydrogens is 308 g/mol. The zero-order valence-electron chi connectivity index (χ0n) is 15.4. The number of ether oxygens (including phenoxy) is 1. The van der Waals surface area contributed by atoms with Crippen molar-refractivity contribution in [3.05, 3.63) is 35.9 Å². The number of benzene rings is 1. The molecule has 3 nitrogen and oxygen atoms in total. The maximum absolute atomic E-state index is 5.45. The van der Waals surface area contributed by atoms with Crippen LogP contribution in [-0.2, 0) is 4.74 Å². The topological polar surface area (TPSA) is 24.8 Å². The molecule has 1 aromatic carbocycles. The van der Waals surface area contributed by atoms with Crippen LogP contribution in [0, 0.1) is 17.3 Å². The van der Waals surface area contributed by atoms with E-state index in [-0.39, 0.29) is 0 Å². The van der Waals surface area contributed by atoms with Gasteiger partial charge in [-0.3, -0.25) is 9.89 Å². The van der Waals surface area contributed by atoms with Crippen LogP contribution < -0.4 is 0 Å². The minimum absolute atomic E-state index is 0.380. The van der Waals surface area contributed by atoms with E-state index in [0.717, 1.165) is 19.1 Å². The lowest BCUT2D eigenvalue weighted by molar-refractivity contribution is -0.00724. The molecule has 4 heterocycles. The summed E-state index contributed by atoms with van der Waals surface area (Å²) in [4.78, 5) is 7.88. The fraction of sp³-hybridized carbons (Fsp3) is 0.591. The fourth-order valence-corrected chi connectivity index (χ4v) is 6.01. The zero-order chi connectivity index (χ0) is 17.0. The van der Waals surface area contributed by atoms with Crippen LogP contribution in [-0.4, -0.2) is 43.5 Å². The van der Waals surface area contributed by atoms with Gasteiger partial charge in [0, 0.05) is 49.9 Å². The van der Waals surface area contributed by atoms with E-state index in [1.54, 1.807) is 0 Å². The molecule has 0 spiro atoms. The number of allylic oxidation sites excluding steroid dienone is 1. The van der Waals surface area contributed by atoms with Crippen molar-refractivity contribution in [3.63, 3.8) is 0 Å². The van der Waals surface area contributed by atoms with Gasteiger partial charge in [0.2, 0.25) is 0 Å². The van der Waals surface area contributed by atoms with Crippen LogP contribution in [0.1, 0.15) is 38.2 Å². The molecule has 5 unspecified atom stereocenters. The second kappa shape index (κ2) is 5.78. The number of rotatable bonds is 3. The summed E-state index contributed by atoms with van der Waals surface area (Å²) in [5.41, 5.74) is 5.71. The van der Waals surface area contributed by atoms with Gasteiger partial charge in [0.15, 0.2) is 0 Å². The van der Waals surface area contributed by atoms with Gasteiger partial charge in [-0.1, -0.05) is 31.2 Å². The molecule has 3 heteroatoms. The van der Waals surface area contributed by atoms with Crippen molar-refractivity contribution < 1.29 is 4.74 Å². The molecule has 132 valence electrons. The fourth-order valence-electron chi connectivity index (χ4n) is 6.01. The molecule has 6 rings (SSSR count). The SMILES string of the molecule is COCCC1(C)CC2CC3CC1N(C/C=C1\C3=Nc3ccccc31)C2. The Morgan fingerprint density at radius 1 is 1.28 bits per heavy atom. The van der Waals surface area contributed by atoms with Crippen molar-refractivity contribution in [2.45, 2.75) is 38.6 Å². The molecule has 1 aromatic rings. The lowest BCUT2D eigenvalue weighted by atomic mass is 9.69. The maximum atomic E-state index is 5.45. The molecule has 0 radical (unpaired) electrons. The number of aliphatic imine (C=N–C) groups is 1. The van der Waals surface area contributed by atoms with Crippen molar-refractivity contribution in [3.8, 4) is 0 Å². The van der Waals surface area contributed by atoms with Crippen LogP contribution in [0.3, 0.4) is 0 Å². The van der Waals surface area contributed by atoms with Gasteiger partial charge in [-0.2, -0.15) is 0 Å². The van der Waals surface area contributed by atoms with Crippen molar-refractivity contribution in [2.24, 2.45) is 22.2 Å². The normalized spacial score (nSPS) is 40.4. The average molecular weight is 336 g/mol. The third kappa shape index (κ3) is 2.43. The minimum Gasteiger partial charge on any atom is -0.385 e. The summed E-state index contributed by atoms with van der Waals surface area (Å²) in [6.45, 7) is 5.73. The van der Waals surface area contributed by atoms with Gasteiger partial charge in [0.1, 0.15) is 0 Å². The Morgan fingerprint density at radius 2 is 2.16 bits per heavy atom. The third-order valence-electron chi connectivity index (χ3n) is 7.12. The predicted molar refractivity (Wildman–Crippen MR) is 102 cm³/mol. The molecule has 1 saturated carbocycles. The first-order valence-electron chi connectivity index (χ1n) is 9.79. The van der Waals surface area contributed by atoms with Gasteiger partial charge < -0.3 is 4.74 Å². The Bertz CT molecular complexity index is 752. The predicted octanol–water partition coefficient (Wildman–Crippen LogP) is 4.31. The second-order valence-electron chi connectivity index (χ2n) is 8.74. The first kappa shape index (κ1) is 15.8. The van der Waals surface area contributed by atoms with E-state index in [4.69, 9.17) is 9.73 Å². The largest absolute Gasteiger partial charge is 0.385 e. The van der Waals surface area contributed by atoms with E-state index >= 15 is 0 Å². The quantitative estimate of drug-likeness (QED) is 0.821. The average Bonchev–Trinajstić information content (AvgIpc) is 2.80. The van der Waals surface area contributed by atoms with Crippen LogP contribution in [0.15, 0.2) is 35.3 Å². The van der Waals surface area contributed by atoms with E-state index in [1.807, 2.05) is 7.11 Å². The number of nitrogens with zero attached hydrogens (tertiary/aromatic N) is 2. The lowest BCUT2D eigenvalue weighted by Gasteiger charge is -2.49. The summed E-state index contributed by atoms with van der Waals surface area (Å²) in [6, 6.07) is 9.34. The van der Waals surface area contributed by atoms with Crippen LogP contribution in [0.4, 0.5) is 5.69 Å². The van der Waals surface area contributed by atoms with Gasteiger partial charge in [-0.05, 0) is 43.1 Å². The number of para-hydroxylation sites is 1. The molecule has 2 saturated heterocycles. The Hall–Kier alpha value is -1.45. The Balaban J connectivity index is 1.55. The Labute approximate surface area is 150 Å². The molecule has 1 aliphatic carbocycles. The van der Waals surface area contributed by atoms with Gasteiger partial charge >= 0.3 is 0 Å². The Kier molecular flexibility index (Phi) is 3.65. The highest BCUT2D eigenvalue weighted by molar-refractivity contribution is 6.29. The smallest absolute Gasteiger partial charge is 0.0712 e. The highest BCUT2D eigenvalue weighted by atomic mass is 16.5. The van der Waals surface area contributed by atoms with Crippen molar-refractivity contribution in [1.82, 2.24) is 4.90 Å². The van der Waals surface area contributed by atoms with Gasteiger partial charge in [-0.25, -0.2) is 0 Å². The third-order valence-corrected chi connectivity index (χ3v) is 7.12.